The molecule has 0 aliphatic carbocycles. The van der Waals surface area contributed by atoms with Gasteiger partial charge in [0.2, 0.25) is 5.91 Å². The Morgan fingerprint density at radius 3 is 2.81 bits per heavy atom. The predicted molar refractivity (Wildman–Crippen MR) is 77.9 cm³/mol. The summed E-state index contributed by atoms with van der Waals surface area (Å²) in [5.41, 5.74) is 2.32. The number of hydrogen-bond acceptors (Lipinski definition) is 3. The molecule has 0 radical (unpaired) electrons. The monoisotopic (exact) mass is 288 g/mol. The van der Waals surface area contributed by atoms with E-state index >= 15 is 0 Å². The number of nitrogens with one attached hydrogen (secondary N) is 1. The van der Waals surface area contributed by atoms with E-state index in [9.17, 15) is 9.59 Å². The second kappa shape index (κ2) is 5.85. The van der Waals surface area contributed by atoms with Gasteiger partial charge in [0.15, 0.2) is 0 Å². The van der Waals surface area contributed by atoms with Gasteiger partial charge in [-0.1, -0.05) is 6.07 Å². The van der Waals surface area contributed by atoms with Crippen molar-refractivity contribution >= 4 is 11.9 Å². The molecule has 2 aliphatic heterocycles. The average Bonchev–Trinajstić information content (AvgIpc) is 3.12. The van der Waals surface area contributed by atoms with Gasteiger partial charge in [-0.05, 0) is 55.1 Å². The Morgan fingerprint density at radius 1 is 1.29 bits per heavy atom. The van der Waals surface area contributed by atoms with Crippen LogP contribution >= 0.6 is 0 Å². The molecule has 0 saturated carbocycles. The minimum Gasteiger partial charge on any atom is -0.478 e. The Hall–Kier alpha value is -1.88. The third kappa shape index (κ3) is 3.08. The van der Waals surface area contributed by atoms with E-state index in [1.807, 2.05) is 11.0 Å². The van der Waals surface area contributed by atoms with E-state index in [0.29, 0.717) is 31.0 Å². The fraction of sp³-hybridized carbons (Fsp3) is 0.500. The van der Waals surface area contributed by atoms with Crippen LogP contribution in [0.3, 0.4) is 0 Å². The topological polar surface area (TPSA) is 69.6 Å². The summed E-state index contributed by atoms with van der Waals surface area (Å²) in [5.74, 6) is -0.121. The summed E-state index contributed by atoms with van der Waals surface area (Å²) < 4.78 is 0. The molecule has 2 heterocycles. The zero-order chi connectivity index (χ0) is 14.8. The van der Waals surface area contributed by atoms with Crippen molar-refractivity contribution < 1.29 is 14.7 Å². The van der Waals surface area contributed by atoms with Gasteiger partial charge >= 0.3 is 5.97 Å². The lowest BCUT2D eigenvalue weighted by Gasteiger charge is -2.16. The minimum atomic E-state index is -0.920. The first-order chi connectivity index (χ1) is 10.1. The summed E-state index contributed by atoms with van der Waals surface area (Å²) in [6.45, 7) is 3.23. The third-order valence-electron chi connectivity index (χ3n) is 4.46. The highest BCUT2D eigenvalue weighted by Crippen LogP contribution is 2.25. The molecule has 1 aromatic carbocycles. The molecule has 1 unspecified atom stereocenters. The van der Waals surface area contributed by atoms with Crippen LogP contribution in [0.25, 0.3) is 0 Å². The highest BCUT2D eigenvalue weighted by atomic mass is 16.4. The van der Waals surface area contributed by atoms with Crippen LogP contribution in [0, 0.1) is 5.92 Å². The first-order valence-electron chi connectivity index (χ1n) is 7.47. The molecule has 1 fully saturated rings. The van der Waals surface area contributed by atoms with Gasteiger partial charge < -0.3 is 15.3 Å². The third-order valence-corrected chi connectivity index (χ3v) is 4.46. The number of aromatic carboxylic acids is 1. The quantitative estimate of drug-likeness (QED) is 0.883. The average molecular weight is 288 g/mol. The Kier molecular flexibility index (Phi) is 3.92. The largest absolute Gasteiger partial charge is 0.478 e. The summed E-state index contributed by atoms with van der Waals surface area (Å²) in [6, 6.07) is 5.12. The van der Waals surface area contributed by atoms with E-state index in [0.717, 1.165) is 37.1 Å². The second-order valence-corrected chi connectivity index (χ2v) is 5.94. The smallest absolute Gasteiger partial charge is 0.335 e. The van der Waals surface area contributed by atoms with Crippen molar-refractivity contribution in [3.05, 3.63) is 34.9 Å². The maximum atomic E-state index is 12.3. The molecule has 5 nitrogen and oxygen atoms in total. The summed E-state index contributed by atoms with van der Waals surface area (Å²) in [4.78, 5) is 25.1. The zero-order valence-electron chi connectivity index (χ0n) is 12.0. The van der Waals surface area contributed by atoms with Crippen LogP contribution in [0.4, 0.5) is 0 Å². The molecule has 0 bridgehead atoms. The Balaban J connectivity index is 1.58. The van der Waals surface area contributed by atoms with Gasteiger partial charge in [0.1, 0.15) is 0 Å². The van der Waals surface area contributed by atoms with Crippen LogP contribution in [0.15, 0.2) is 18.2 Å². The summed E-state index contributed by atoms with van der Waals surface area (Å²) in [5, 5.41) is 12.3. The number of carboxylic acids is 1. The van der Waals surface area contributed by atoms with E-state index in [1.165, 1.54) is 0 Å². The molecule has 1 aromatic rings. The van der Waals surface area contributed by atoms with E-state index < -0.39 is 5.97 Å². The second-order valence-electron chi connectivity index (χ2n) is 5.94. The standard InChI is InChI=1S/C16H20N2O3/c19-15(4-1-11-5-6-17-8-11)18-9-13-3-2-12(16(20)21)7-14(13)10-18/h2-3,7,11,17H,1,4-6,8-10H2,(H,20,21). The van der Waals surface area contributed by atoms with E-state index in [-0.39, 0.29) is 5.91 Å². The molecule has 21 heavy (non-hydrogen) atoms. The van der Waals surface area contributed by atoms with E-state index in [2.05, 4.69) is 5.32 Å². The Labute approximate surface area is 123 Å². The lowest BCUT2D eigenvalue weighted by molar-refractivity contribution is -0.132. The molecular formula is C16H20N2O3. The van der Waals surface area contributed by atoms with Crippen LogP contribution in [-0.2, 0) is 17.9 Å². The summed E-state index contributed by atoms with van der Waals surface area (Å²) in [7, 11) is 0. The minimum absolute atomic E-state index is 0.176. The molecule has 1 saturated heterocycles. The molecule has 0 spiro atoms. The number of carbonyl (C=O) groups excluding carboxylic acids is 1. The maximum Gasteiger partial charge on any atom is 0.335 e. The fourth-order valence-electron chi connectivity index (χ4n) is 3.15. The van der Waals surface area contributed by atoms with E-state index in [4.69, 9.17) is 5.11 Å². The highest BCUT2D eigenvalue weighted by molar-refractivity contribution is 5.88. The van der Waals surface area contributed by atoms with Crippen LogP contribution in [0.2, 0.25) is 0 Å². The van der Waals surface area contributed by atoms with Crippen molar-refractivity contribution in [2.24, 2.45) is 5.92 Å². The van der Waals surface area contributed by atoms with Crippen molar-refractivity contribution in [1.29, 1.82) is 0 Å². The first-order valence-corrected chi connectivity index (χ1v) is 7.47. The van der Waals surface area contributed by atoms with Gasteiger partial charge in [-0.15, -0.1) is 0 Å². The molecule has 1 atom stereocenters. The molecule has 5 heteroatoms. The SMILES string of the molecule is O=C(O)c1ccc2c(c1)CN(C(=O)CCC1CCNC1)C2. The number of amides is 1. The van der Waals surface area contributed by atoms with Crippen molar-refractivity contribution in [2.75, 3.05) is 13.1 Å². The Morgan fingerprint density at radius 2 is 2.10 bits per heavy atom. The molecule has 2 aliphatic rings. The molecule has 1 amide bonds. The number of carboxylic acid groups (broad SMARTS) is 1. The lowest BCUT2D eigenvalue weighted by atomic mass is 10.0. The van der Waals surface area contributed by atoms with Crippen LogP contribution in [0.5, 0.6) is 0 Å². The number of hydrogen-bond donors (Lipinski definition) is 2. The van der Waals surface area contributed by atoms with Crippen LogP contribution < -0.4 is 5.32 Å². The van der Waals surface area contributed by atoms with Crippen molar-refractivity contribution in [2.45, 2.75) is 32.4 Å². The predicted octanol–water partition coefficient (Wildman–Crippen LogP) is 1.62. The van der Waals surface area contributed by atoms with Gasteiger partial charge in [0, 0.05) is 19.5 Å². The van der Waals surface area contributed by atoms with Gasteiger partial charge in [-0.2, -0.15) is 0 Å². The van der Waals surface area contributed by atoms with Gasteiger partial charge in [-0.3, -0.25) is 4.79 Å². The Bertz CT molecular complexity index is 565. The van der Waals surface area contributed by atoms with Gasteiger partial charge in [-0.25, -0.2) is 4.79 Å². The van der Waals surface area contributed by atoms with Crippen LogP contribution in [0.1, 0.15) is 40.7 Å². The fourth-order valence-corrected chi connectivity index (χ4v) is 3.15. The van der Waals surface area contributed by atoms with Gasteiger partial charge in [0.05, 0.1) is 5.56 Å². The lowest BCUT2D eigenvalue weighted by Crippen LogP contribution is -2.25. The van der Waals surface area contributed by atoms with Crippen LogP contribution in [-0.4, -0.2) is 35.0 Å². The first kappa shape index (κ1) is 14.1. The highest BCUT2D eigenvalue weighted by Gasteiger charge is 2.25. The molecule has 0 aromatic heterocycles. The summed E-state index contributed by atoms with van der Waals surface area (Å²) >= 11 is 0. The van der Waals surface area contributed by atoms with E-state index in [1.54, 1.807) is 12.1 Å². The maximum absolute atomic E-state index is 12.3. The number of carbonyl (C=O) groups is 2. The molecular weight excluding hydrogens is 268 g/mol. The number of rotatable bonds is 4. The summed E-state index contributed by atoms with van der Waals surface area (Å²) in [6.07, 6.45) is 2.70. The van der Waals surface area contributed by atoms with Gasteiger partial charge in [0.25, 0.3) is 0 Å². The van der Waals surface area contributed by atoms with Crippen molar-refractivity contribution in [3.8, 4) is 0 Å². The number of benzene rings is 1. The molecule has 112 valence electrons. The van der Waals surface area contributed by atoms with Crippen molar-refractivity contribution in [3.63, 3.8) is 0 Å². The molecule has 3 rings (SSSR count). The van der Waals surface area contributed by atoms with Crippen molar-refractivity contribution in [1.82, 2.24) is 10.2 Å². The normalized spacial score (nSPS) is 20.6. The number of nitrogens with zero attached hydrogens (tertiary/aromatic N) is 1. The zero-order valence-corrected chi connectivity index (χ0v) is 12.0. The molecule has 2 N–H and O–H groups in total. The number of fused-ring (bicyclic) bond motifs is 1.